The van der Waals surface area contributed by atoms with Gasteiger partial charge in [-0.1, -0.05) is 13.8 Å². The standard InChI is InChI=1S/C14H17N5OS/c1-8(2)11(6-20)19-13-9-5-10(14-15-3-4-21-14)18-12(9)16-7-17-13/h3-5,7-8,11,20H,6H2,1-2H3,(H2,16,17,18,19). The zero-order valence-corrected chi connectivity index (χ0v) is 12.7. The van der Waals surface area contributed by atoms with Crippen LogP contribution in [0.4, 0.5) is 5.82 Å². The molecule has 3 heterocycles. The number of nitrogens with one attached hydrogen (secondary N) is 2. The minimum atomic E-state index is -0.0405. The van der Waals surface area contributed by atoms with Crippen molar-refractivity contribution in [3.8, 4) is 10.7 Å². The zero-order valence-electron chi connectivity index (χ0n) is 11.9. The van der Waals surface area contributed by atoms with Gasteiger partial charge in [-0.25, -0.2) is 15.0 Å². The number of rotatable bonds is 5. The molecule has 0 spiro atoms. The monoisotopic (exact) mass is 303 g/mol. The van der Waals surface area contributed by atoms with Crippen molar-refractivity contribution in [2.45, 2.75) is 19.9 Å². The maximum atomic E-state index is 9.46. The van der Waals surface area contributed by atoms with E-state index in [0.29, 0.717) is 5.92 Å². The first-order valence-corrected chi connectivity index (χ1v) is 7.68. The van der Waals surface area contributed by atoms with Gasteiger partial charge in [0.25, 0.3) is 0 Å². The van der Waals surface area contributed by atoms with E-state index in [1.165, 1.54) is 6.33 Å². The molecular weight excluding hydrogens is 286 g/mol. The summed E-state index contributed by atoms with van der Waals surface area (Å²) < 4.78 is 0. The number of aromatic nitrogens is 4. The molecule has 0 saturated carbocycles. The van der Waals surface area contributed by atoms with Crippen LogP contribution in [0.3, 0.4) is 0 Å². The van der Waals surface area contributed by atoms with E-state index >= 15 is 0 Å². The number of fused-ring (bicyclic) bond motifs is 1. The number of aliphatic hydroxyl groups is 1. The van der Waals surface area contributed by atoms with E-state index in [9.17, 15) is 5.11 Å². The molecule has 0 aliphatic heterocycles. The second-order valence-electron chi connectivity index (χ2n) is 5.18. The average Bonchev–Trinajstić information content (AvgIpc) is 3.12. The second-order valence-corrected chi connectivity index (χ2v) is 6.08. The van der Waals surface area contributed by atoms with Gasteiger partial charge in [0.2, 0.25) is 0 Å². The van der Waals surface area contributed by atoms with Crippen molar-refractivity contribution in [3.63, 3.8) is 0 Å². The Morgan fingerprint density at radius 2 is 2.19 bits per heavy atom. The molecule has 0 aromatic carbocycles. The third-order valence-electron chi connectivity index (χ3n) is 3.41. The van der Waals surface area contributed by atoms with Crippen molar-refractivity contribution in [1.82, 2.24) is 19.9 Å². The van der Waals surface area contributed by atoms with E-state index in [-0.39, 0.29) is 12.6 Å². The highest BCUT2D eigenvalue weighted by Crippen LogP contribution is 2.28. The van der Waals surface area contributed by atoms with Crippen molar-refractivity contribution in [2.75, 3.05) is 11.9 Å². The van der Waals surface area contributed by atoms with Crippen LogP contribution in [0.2, 0.25) is 0 Å². The number of anilines is 1. The van der Waals surface area contributed by atoms with E-state index < -0.39 is 0 Å². The molecule has 0 bridgehead atoms. The lowest BCUT2D eigenvalue weighted by Crippen LogP contribution is -2.29. The van der Waals surface area contributed by atoms with Crippen molar-refractivity contribution in [3.05, 3.63) is 24.0 Å². The molecule has 3 rings (SSSR count). The Labute approximate surface area is 126 Å². The van der Waals surface area contributed by atoms with Crippen molar-refractivity contribution >= 4 is 28.2 Å². The van der Waals surface area contributed by atoms with Gasteiger partial charge < -0.3 is 15.4 Å². The first kappa shape index (κ1) is 14.0. The molecule has 1 unspecified atom stereocenters. The molecule has 0 radical (unpaired) electrons. The Morgan fingerprint density at radius 1 is 1.33 bits per heavy atom. The zero-order chi connectivity index (χ0) is 14.8. The number of nitrogens with zero attached hydrogens (tertiary/aromatic N) is 3. The van der Waals surface area contributed by atoms with Crippen LogP contribution in [0.25, 0.3) is 21.7 Å². The van der Waals surface area contributed by atoms with E-state index in [1.807, 2.05) is 11.4 Å². The van der Waals surface area contributed by atoms with Crippen LogP contribution < -0.4 is 5.32 Å². The van der Waals surface area contributed by atoms with Gasteiger partial charge in [-0.15, -0.1) is 11.3 Å². The molecule has 3 N–H and O–H groups in total. The van der Waals surface area contributed by atoms with Gasteiger partial charge in [-0.3, -0.25) is 0 Å². The van der Waals surface area contributed by atoms with Gasteiger partial charge in [-0.05, 0) is 12.0 Å². The van der Waals surface area contributed by atoms with Crippen LogP contribution >= 0.6 is 11.3 Å². The maximum Gasteiger partial charge on any atom is 0.143 e. The van der Waals surface area contributed by atoms with Gasteiger partial charge in [0.15, 0.2) is 0 Å². The number of aromatic amines is 1. The Hall–Kier alpha value is -1.99. The van der Waals surface area contributed by atoms with Gasteiger partial charge >= 0.3 is 0 Å². The first-order valence-electron chi connectivity index (χ1n) is 6.80. The van der Waals surface area contributed by atoms with Crippen molar-refractivity contribution < 1.29 is 5.11 Å². The highest BCUT2D eigenvalue weighted by atomic mass is 32.1. The van der Waals surface area contributed by atoms with E-state index in [2.05, 4.69) is 39.1 Å². The molecule has 110 valence electrons. The van der Waals surface area contributed by atoms with Gasteiger partial charge in [0.05, 0.1) is 23.7 Å². The summed E-state index contributed by atoms with van der Waals surface area (Å²) in [5.74, 6) is 1.03. The quantitative estimate of drug-likeness (QED) is 0.674. The lowest BCUT2D eigenvalue weighted by molar-refractivity contribution is 0.249. The lowest BCUT2D eigenvalue weighted by Gasteiger charge is -2.20. The van der Waals surface area contributed by atoms with Gasteiger partial charge in [-0.2, -0.15) is 0 Å². The summed E-state index contributed by atoms with van der Waals surface area (Å²) in [6.45, 7) is 4.18. The van der Waals surface area contributed by atoms with Crippen LogP contribution in [-0.4, -0.2) is 37.7 Å². The normalized spacial score (nSPS) is 13.0. The summed E-state index contributed by atoms with van der Waals surface area (Å²) in [5, 5.41) is 16.5. The van der Waals surface area contributed by atoms with Crippen molar-refractivity contribution in [2.24, 2.45) is 5.92 Å². The fourth-order valence-corrected chi connectivity index (χ4v) is 2.73. The third-order valence-corrected chi connectivity index (χ3v) is 4.22. The molecule has 0 aliphatic carbocycles. The number of thiazole rings is 1. The topological polar surface area (TPSA) is 86.7 Å². The molecule has 0 amide bonds. The van der Waals surface area contributed by atoms with Crippen molar-refractivity contribution in [1.29, 1.82) is 0 Å². The van der Waals surface area contributed by atoms with E-state index in [1.54, 1.807) is 17.5 Å². The minimum absolute atomic E-state index is 0.0405. The Morgan fingerprint density at radius 3 is 2.86 bits per heavy atom. The molecule has 3 aromatic heterocycles. The minimum Gasteiger partial charge on any atom is -0.394 e. The summed E-state index contributed by atoms with van der Waals surface area (Å²) >= 11 is 1.57. The summed E-state index contributed by atoms with van der Waals surface area (Å²) in [5.41, 5.74) is 1.69. The van der Waals surface area contributed by atoms with Crippen LogP contribution in [0.15, 0.2) is 24.0 Å². The van der Waals surface area contributed by atoms with Gasteiger partial charge in [0, 0.05) is 11.6 Å². The van der Waals surface area contributed by atoms with Gasteiger partial charge in [0.1, 0.15) is 22.8 Å². The Balaban J connectivity index is 2.00. The maximum absolute atomic E-state index is 9.46. The number of hydrogen-bond acceptors (Lipinski definition) is 6. The van der Waals surface area contributed by atoms with Crippen LogP contribution in [0.1, 0.15) is 13.8 Å². The smallest absolute Gasteiger partial charge is 0.143 e. The number of hydrogen-bond donors (Lipinski definition) is 3. The van der Waals surface area contributed by atoms with E-state index in [0.717, 1.165) is 27.6 Å². The van der Waals surface area contributed by atoms with Crippen LogP contribution in [-0.2, 0) is 0 Å². The molecule has 0 saturated heterocycles. The molecule has 21 heavy (non-hydrogen) atoms. The first-order chi connectivity index (χ1) is 10.2. The van der Waals surface area contributed by atoms with Crippen LogP contribution in [0.5, 0.6) is 0 Å². The third kappa shape index (κ3) is 2.74. The predicted octanol–water partition coefficient (Wildman–Crippen LogP) is 2.51. The Kier molecular flexibility index (Phi) is 3.85. The largest absolute Gasteiger partial charge is 0.394 e. The summed E-state index contributed by atoms with van der Waals surface area (Å²) in [6, 6.07) is 1.95. The average molecular weight is 303 g/mol. The molecule has 6 nitrogen and oxygen atoms in total. The highest BCUT2D eigenvalue weighted by molar-refractivity contribution is 7.13. The molecule has 1 atom stereocenters. The molecule has 7 heteroatoms. The summed E-state index contributed by atoms with van der Waals surface area (Å²) in [6.07, 6.45) is 3.29. The highest BCUT2D eigenvalue weighted by Gasteiger charge is 2.16. The van der Waals surface area contributed by atoms with Crippen LogP contribution in [0, 0.1) is 5.92 Å². The van der Waals surface area contributed by atoms with E-state index in [4.69, 9.17) is 0 Å². The summed E-state index contributed by atoms with van der Waals surface area (Å²) in [4.78, 5) is 16.1. The SMILES string of the molecule is CC(C)C(CO)Nc1ncnc2[nH]c(-c3nccs3)cc12. The predicted molar refractivity (Wildman–Crippen MR) is 84.3 cm³/mol. The molecular formula is C14H17N5OS. The number of H-pyrrole nitrogens is 1. The fourth-order valence-electron chi connectivity index (χ4n) is 2.13. The lowest BCUT2D eigenvalue weighted by atomic mass is 10.1. The molecule has 3 aromatic rings. The number of aliphatic hydroxyl groups excluding tert-OH is 1. The fraction of sp³-hybridized carbons (Fsp3) is 0.357. The summed E-state index contributed by atoms with van der Waals surface area (Å²) in [7, 11) is 0. The Bertz CT molecular complexity index is 722. The molecule has 0 fully saturated rings. The molecule has 0 aliphatic rings. The second kappa shape index (κ2) is 5.79.